The van der Waals surface area contributed by atoms with Gasteiger partial charge in [0.2, 0.25) is 5.91 Å². The Morgan fingerprint density at radius 1 is 0.962 bits per heavy atom. The maximum atomic E-state index is 13.0. The average molecular weight is 358 g/mol. The summed E-state index contributed by atoms with van der Waals surface area (Å²) >= 11 is 0. The Morgan fingerprint density at radius 2 is 1.58 bits per heavy atom. The Labute approximate surface area is 156 Å². The van der Waals surface area contributed by atoms with Crippen molar-refractivity contribution >= 4 is 11.8 Å². The molecule has 0 unspecified atom stereocenters. The third kappa shape index (κ3) is 3.87. The average Bonchev–Trinajstić information content (AvgIpc) is 2.67. The zero-order valence-electron chi connectivity index (χ0n) is 16.2. The second kappa shape index (κ2) is 8.11. The van der Waals surface area contributed by atoms with E-state index in [1.54, 1.807) is 7.11 Å². The number of hydrogen-bond acceptors (Lipinski definition) is 3. The monoisotopic (exact) mass is 358 g/mol. The molecular weight excluding hydrogens is 328 g/mol. The molecule has 0 spiro atoms. The highest BCUT2D eigenvalue weighted by Crippen LogP contribution is 2.28. The van der Waals surface area contributed by atoms with Gasteiger partial charge in [0.25, 0.3) is 5.91 Å². The standard InChI is InChI=1S/C21H30N2O3/c1-15-13-16(2)19(18(14-15)26-3)21(25)23-11-9-22(10-12-23)20(24)17-7-5-4-6-8-17/h13-14,17H,4-12H2,1-3H3. The predicted molar refractivity (Wildman–Crippen MR) is 102 cm³/mol. The number of ether oxygens (including phenoxy) is 1. The zero-order valence-corrected chi connectivity index (χ0v) is 16.2. The van der Waals surface area contributed by atoms with E-state index in [-0.39, 0.29) is 11.8 Å². The summed E-state index contributed by atoms with van der Waals surface area (Å²) in [6.07, 6.45) is 5.64. The van der Waals surface area contributed by atoms with Crippen LogP contribution in [0.25, 0.3) is 0 Å². The van der Waals surface area contributed by atoms with Gasteiger partial charge < -0.3 is 14.5 Å². The molecule has 0 aromatic heterocycles. The largest absolute Gasteiger partial charge is 0.496 e. The maximum absolute atomic E-state index is 13.0. The van der Waals surface area contributed by atoms with Gasteiger partial charge in [-0.25, -0.2) is 0 Å². The summed E-state index contributed by atoms with van der Waals surface area (Å²) in [4.78, 5) is 29.5. The Bertz CT molecular complexity index is 672. The van der Waals surface area contributed by atoms with Crippen molar-refractivity contribution in [3.63, 3.8) is 0 Å². The molecule has 142 valence electrons. The minimum Gasteiger partial charge on any atom is -0.496 e. The van der Waals surface area contributed by atoms with Gasteiger partial charge in [-0.15, -0.1) is 0 Å². The lowest BCUT2D eigenvalue weighted by Crippen LogP contribution is -2.52. The van der Waals surface area contributed by atoms with Crippen molar-refractivity contribution in [2.24, 2.45) is 5.92 Å². The van der Waals surface area contributed by atoms with Crippen molar-refractivity contribution in [2.75, 3.05) is 33.3 Å². The Morgan fingerprint density at radius 3 is 2.19 bits per heavy atom. The van der Waals surface area contributed by atoms with Crippen molar-refractivity contribution in [3.8, 4) is 5.75 Å². The van der Waals surface area contributed by atoms with Gasteiger partial charge in [-0.1, -0.05) is 25.3 Å². The second-order valence-electron chi connectivity index (χ2n) is 7.61. The summed E-state index contributed by atoms with van der Waals surface area (Å²) in [5.41, 5.74) is 2.66. The van der Waals surface area contributed by atoms with Gasteiger partial charge in [-0.3, -0.25) is 9.59 Å². The maximum Gasteiger partial charge on any atom is 0.258 e. The van der Waals surface area contributed by atoms with Crippen LogP contribution in [-0.2, 0) is 4.79 Å². The molecule has 0 radical (unpaired) electrons. The lowest BCUT2D eigenvalue weighted by molar-refractivity contribution is -0.138. The van der Waals surface area contributed by atoms with E-state index in [2.05, 4.69) is 0 Å². The number of rotatable bonds is 3. The summed E-state index contributed by atoms with van der Waals surface area (Å²) in [5.74, 6) is 1.13. The molecule has 2 amide bonds. The van der Waals surface area contributed by atoms with Crippen molar-refractivity contribution < 1.29 is 14.3 Å². The molecule has 0 atom stereocenters. The van der Waals surface area contributed by atoms with E-state index in [0.29, 0.717) is 43.4 Å². The number of aryl methyl sites for hydroxylation is 2. The fraction of sp³-hybridized carbons (Fsp3) is 0.619. The third-order valence-corrected chi connectivity index (χ3v) is 5.71. The van der Waals surface area contributed by atoms with Crippen LogP contribution in [0.15, 0.2) is 12.1 Å². The fourth-order valence-corrected chi connectivity index (χ4v) is 4.26. The molecule has 1 saturated heterocycles. The molecule has 1 aliphatic heterocycles. The molecule has 5 nitrogen and oxygen atoms in total. The first kappa shape index (κ1) is 18.7. The van der Waals surface area contributed by atoms with Gasteiger partial charge in [-0.2, -0.15) is 0 Å². The van der Waals surface area contributed by atoms with E-state index in [1.807, 2.05) is 35.8 Å². The highest BCUT2D eigenvalue weighted by Gasteiger charge is 2.31. The third-order valence-electron chi connectivity index (χ3n) is 5.71. The van der Waals surface area contributed by atoms with E-state index in [1.165, 1.54) is 19.3 Å². The lowest BCUT2D eigenvalue weighted by Gasteiger charge is -2.37. The smallest absolute Gasteiger partial charge is 0.258 e. The van der Waals surface area contributed by atoms with Gasteiger partial charge in [0, 0.05) is 32.1 Å². The van der Waals surface area contributed by atoms with Gasteiger partial charge >= 0.3 is 0 Å². The minimum atomic E-state index is 0.00381. The number of carbonyl (C=O) groups excluding carboxylic acids is 2. The molecule has 1 aliphatic carbocycles. The molecule has 1 aromatic carbocycles. The van der Waals surface area contributed by atoms with Gasteiger partial charge in [0.1, 0.15) is 5.75 Å². The van der Waals surface area contributed by atoms with Crippen molar-refractivity contribution in [1.82, 2.24) is 9.80 Å². The van der Waals surface area contributed by atoms with Crippen LogP contribution in [0.3, 0.4) is 0 Å². The molecule has 1 heterocycles. The van der Waals surface area contributed by atoms with Gasteiger partial charge in [-0.05, 0) is 43.9 Å². The number of nitrogens with zero attached hydrogens (tertiary/aromatic N) is 2. The number of benzene rings is 1. The van der Waals surface area contributed by atoms with Crippen LogP contribution in [0.4, 0.5) is 0 Å². The van der Waals surface area contributed by atoms with Crippen LogP contribution >= 0.6 is 0 Å². The highest BCUT2D eigenvalue weighted by molar-refractivity contribution is 5.98. The Kier molecular flexibility index (Phi) is 5.84. The summed E-state index contributed by atoms with van der Waals surface area (Å²) in [7, 11) is 1.60. The van der Waals surface area contributed by atoms with Crippen molar-refractivity contribution in [2.45, 2.75) is 46.0 Å². The van der Waals surface area contributed by atoms with Crippen molar-refractivity contribution in [3.05, 3.63) is 28.8 Å². The van der Waals surface area contributed by atoms with E-state index in [9.17, 15) is 9.59 Å². The Hall–Kier alpha value is -2.04. The first-order chi connectivity index (χ1) is 12.5. The molecular formula is C21H30N2O3. The number of piperazine rings is 1. The van der Waals surface area contributed by atoms with Crippen LogP contribution < -0.4 is 4.74 Å². The van der Waals surface area contributed by atoms with E-state index >= 15 is 0 Å². The van der Waals surface area contributed by atoms with Crippen LogP contribution in [0.5, 0.6) is 5.75 Å². The Balaban J connectivity index is 1.65. The number of amides is 2. The molecule has 2 aliphatic rings. The van der Waals surface area contributed by atoms with Crippen LogP contribution in [0.2, 0.25) is 0 Å². The van der Waals surface area contributed by atoms with E-state index in [4.69, 9.17) is 4.74 Å². The topological polar surface area (TPSA) is 49.9 Å². The molecule has 0 N–H and O–H groups in total. The highest BCUT2D eigenvalue weighted by atomic mass is 16.5. The number of hydrogen-bond donors (Lipinski definition) is 0. The first-order valence-corrected chi connectivity index (χ1v) is 9.74. The SMILES string of the molecule is COc1cc(C)cc(C)c1C(=O)N1CCN(C(=O)C2CCCCC2)CC1. The summed E-state index contributed by atoms with van der Waals surface area (Å²) in [6, 6.07) is 3.92. The molecule has 1 saturated carbocycles. The quantitative estimate of drug-likeness (QED) is 0.834. The normalized spacial score (nSPS) is 18.7. The van der Waals surface area contributed by atoms with E-state index < -0.39 is 0 Å². The molecule has 0 bridgehead atoms. The minimum absolute atomic E-state index is 0.00381. The summed E-state index contributed by atoms with van der Waals surface area (Å²) in [6.45, 7) is 6.40. The second-order valence-corrected chi connectivity index (χ2v) is 7.61. The predicted octanol–water partition coefficient (Wildman–Crippen LogP) is 3.18. The van der Waals surface area contributed by atoms with Crippen molar-refractivity contribution in [1.29, 1.82) is 0 Å². The number of carbonyl (C=O) groups is 2. The fourth-order valence-electron chi connectivity index (χ4n) is 4.26. The number of methoxy groups -OCH3 is 1. The summed E-state index contributed by atoms with van der Waals surface area (Å²) in [5, 5.41) is 0. The lowest BCUT2D eigenvalue weighted by atomic mass is 9.88. The molecule has 5 heteroatoms. The molecule has 1 aromatic rings. The molecule has 26 heavy (non-hydrogen) atoms. The van der Waals surface area contributed by atoms with Crippen LogP contribution in [-0.4, -0.2) is 54.9 Å². The summed E-state index contributed by atoms with van der Waals surface area (Å²) < 4.78 is 5.45. The molecule has 3 rings (SSSR count). The van der Waals surface area contributed by atoms with E-state index in [0.717, 1.165) is 24.0 Å². The van der Waals surface area contributed by atoms with Crippen LogP contribution in [0, 0.1) is 19.8 Å². The van der Waals surface area contributed by atoms with Crippen LogP contribution in [0.1, 0.15) is 53.6 Å². The first-order valence-electron chi connectivity index (χ1n) is 9.74. The molecule has 2 fully saturated rings. The van der Waals surface area contributed by atoms with Gasteiger partial charge in [0.15, 0.2) is 0 Å². The zero-order chi connectivity index (χ0) is 18.7. The van der Waals surface area contributed by atoms with Gasteiger partial charge in [0.05, 0.1) is 12.7 Å².